The van der Waals surface area contributed by atoms with Gasteiger partial charge in [-0.1, -0.05) is 49.4 Å². The van der Waals surface area contributed by atoms with Crippen molar-refractivity contribution in [3.63, 3.8) is 0 Å². The van der Waals surface area contributed by atoms with E-state index in [1.54, 1.807) is 7.11 Å². The predicted molar refractivity (Wildman–Crippen MR) is 74.6 cm³/mol. The van der Waals surface area contributed by atoms with Crippen LogP contribution in [0.5, 0.6) is 0 Å². The van der Waals surface area contributed by atoms with E-state index in [4.69, 9.17) is 4.74 Å². The highest BCUT2D eigenvalue weighted by Crippen LogP contribution is 2.28. The summed E-state index contributed by atoms with van der Waals surface area (Å²) in [4.78, 5) is 0. The lowest BCUT2D eigenvalue weighted by atomic mass is 9.94. The molecule has 2 aromatic carbocycles. The van der Waals surface area contributed by atoms with Crippen LogP contribution in [0.2, 0.25) is 0 Å². The summed E-state index contributed by atoms with van der Waals surface area (Å²) < 4.78 is 5.12. The van der Waals surface area contributed by atoms with Gasteiger partial charge in [0.25, 0.3) is 0 Å². The lowest BCUT2D eigenvalue weighted by molar-refractivity contribution is 0.102. The molecule has 2 heteroatoms. The minimum absolute atomic E-state index is 0.351. The largest absolute Gasteiger partial charge is 0.388 e. The van der Waals surface area contributed by atoms with Gasteiger partial charge in [-0.25, -0.2) is 0 Å². The maximum atomic E-state index is 10.4. The second-order valence-corrected chi connectivity index (χ2v) is 4.88. The van der Waals surface area contributed by atoms with E-state index in [1.165, 1.54) is 5.39 Å². The van der Waals surface area contributed by atoms with Crippen molar-refractivity contribution in [2.24, 2.45) is 5.92 Å². The van der Waals surface area contributed by atoms with E-state index >= 15 is 0 Å². The monoisotopic (exact) mass is 244 g/mol. The zero-order chi connectivity index (χ0) is 13.0. The van der Waals surface area contributed by atoms with Gasteiger partial charge < -0.3 is 9.84 Å². The number of hydrogen-bond donors (Lipinski definition) is 1. The van der Waals surface area contributed by atoms with E-state index in [0.29, 0.717) is 12.5 Å². The van der Waals surface area contributed by atoms with Gasteiger partial charge in [-0.2, -0.15) is 0 Å². The number of rotatable bonds is 5. The van der Waals surface area contributed by atoms with Gasteiger partial charge in [-0.15, -0.1) is 0 Å². The second kappa shape index (κ2) is 5.98. The Bertz CT molecular complexity index is 502. The molecule has 0 fully saturated rings. The molecule has 2 rings (SSSR count). The van der Waals surface area contributed by atoms with Crippen LogP contribution in [-0.2, 0) is 4.74 Å². The van der Waals surface area contributed by atoms with Crippen LogP contribution in [0.1, 0.15) is 25.0 Å². The van der Waals surface area contributed by atoms with Crippen molar-refractivity contribution in [2.45, 2.75) is 19.4 Å². The summed E-state index contributed by atoms with van der Waals surface area (Å²) in [5.41, 5.74) is 1.01. The number of aliphatic hydroxyl groups is 1. The van der Waals surface area contributed by atoms with Crippen LogP contribution in [-0.4, -0.2) is 18.8 Å². The molecular weight excluding hydrogens is 224 g/mol. The van der Waals surface area contributed by atoms with Crippen LogP contribution >= 0.6 is 0 Å². The summed E-state index contributed by atoms with van der Waals surface area (Å²) in [6.07, 6.45) is 0.295. The lowest BCUT2D eigenvalue weighted by Gasteiger charge is -2.17. The van der Waals surface area contributed by atoms with Crippen LogP contribution in [0.3, 0.4) is 0 Å². The van der Waals surface area contributed by atoms with Crippen LogP contribution in [0.25, 0.3) is 10.8 Å². The number of ether oxygens (including phenoxy) is 1. The molecule has 2 aromatic rings. The van der Waals surface area contributed by atoms with Gasteiger partial charge >= 0.3 is 0 Å². The molecule has 2 unspecified atom stereocenters. The summed E-state index contributed by atoms with van der Waals surface area (Å²) in [6.45, 7) is 2.78. The zero-order valence-corrected chi connectivity index (χ0v) is 11.0. The molecule has 0 bridgehead atoms. The molecular formula is C16H20O2. The number of fused-ring (bicyclic) bond motifs is 1. The van der Waals surface area contributed by atoms with Gasteiger partial charge in [0.15, 0.2) is 0 Å². The minimum atomic E-state index is -0.429. The molecule has 0 aliphatic heterocycles. The van der Waals surface area contributed by atoms with Crippen LogP contribution in [0.4, 0.5) is 0 Å². The van der Waals surface area contributed by atoms with E-state index in [-0.39, 0.29) is 0 Å². The second-order valence-electron chi connectivity index (χ2n) is 4.88. The summed E-state index contributed by atoms with van der Waals surface area (Å²) in [5.74, 6) is 0.351. The van der Waals surface area contributed by atoms with E-state index in [2.05, 4.69) is 25.1 Å². The Balaban J connectivity index is 2.24. The first kappa shape index (κ1) is 13.1. The maximum absolute atomic E-state index is 10.4. The van der Waals surface area contributed by atoms with Crippen molar-refractivity contribution in [3.05, 3.63) is 48.0 Å². The van der Waals surface area contributed by atoms with E-state index in [0.717, 1.165) is 17.4 Å². The molecule has 0 radical (unpaired) electrons. The fourth-order valence-electron chi connectivity index (χ4n) is 2.40. The zero-order valence-electron chi connectivity index (χ0n) is 11.0. The molecule has 2 nitrogen and oxygen atoms in total. The SMILES string of the molecule is COCC(C)CC(O)c1cccc2ccccc12. The van der Waals surface area contributed by atoms with E-state index in [9.17, 15) is 5.11 Å². The van der Waals surface area contributed by atoms with Crippen molar-refractivity contribution >= 4 is 10.8 Å². The normalized spacial score (nSPS) is 14.6. The van der Waals surface area contributed by atoms with Crippen molar-refractivity contribution < 1.29 is 9.84 Å². The van der Waals surface area contributed by atoms with Gasteiger partial charge in [0, 0.05) is 13.7 Å². The molecule has 0 spiro atoms. The highest BCUT2D eigenvalue weighted by Gasteiger charge is 2.14. The highest BCUT2D eigenvalue weighted by molar-refractivity contribution is 5.85. The van der Waals surface area contributed by atoms with Crippen molar-refractivity contribution in [2.75, 3.05) is 13.7 Å². The first-order chi connectivity index (χ1) is 8.72. The molecule has 0 heterocycles. The average molecular weight is 244 g/mol. The Morgan fingerprint density at radius 1 is 1.11 bits per heavy atom. The molecule has 1 N–H and O–H groups in total. The number of aliphatic hydroxyl groups excluding tert-OH is 1. The number of methoxy groups -OCH3 is 1. The van der Waals surface area contributed by atoms with Gasteiger partial charge in [0.05, 0.1) is 6.10 Å². The molecule has 0 aliphatic carbocycles. The Morgan fingerprint density at radius 3 is 2.61 bits per heavy atom. The van der Waals surface area contributed by atoms with Gasteiger partial charge in [-0.3, -0.25) is 0 Å². The first-order valence-electron chi connectivity index (χ1n) is 6.37. The molecule has 0 saturated carbocycles. The number of benzene rings is 2. The quantitative estimate of drug-likeness (QED) is 0.871. The topological polar surface area (TPSA) is 29.5 Å². The standard InChI is InChI=1S/C16H20O2/c1-12(11-18-2)10-16(17)15-9-5-7-13-6-3-4-8-14(13)15/h3-9,12,16-17H,10-11H2,1-2H3. The van der Waals surface area contributed by atoms with Crippen LogP contribution in [0, 0.1) is 5.92 Å². The number of hydrogen-bond acceptors (Lipinski definition) is 2. The van der Waals surface area contributed by atoms with Crippen LogP contribution in [0.15, 0.2) is 42.5 Å². The molecule has 0 aromatic heterocycles. The summed E-state index contributed by atoms with van der Waals surface area (Å²) in [7, 11) is 1.70. The third-order valence-electron chi connectivity index (χ3n) is 3.26. The fraction of sp³-hybridized carbons (Fsp3) is 0.375. The highest BCUT2D eigenvalue weighted by atomic mass is 16.5. The first-order valence-corrected chi connectivity index (χ1v) is 6.37. The third kappa shape index (κ3) is 2.89. The Morgan fingerprint density at radius 2 is 1.83 bits per heavy atom. The van der Waals surface area contributed by atoms with Crippen molar-refractivity contribution in [3.8, 4) is 0 Å². The summed E-state index contributed by atoms with van der Waals surface area (Å²) in [5, 5.41) is 12.7. The van der Waals surface area contributed by atoms with Gasteiger partial charge in [-0.05, 0) is 28.7 Å². The molecule has 18 heavy (non-hydrogen) atoms. The third-order valence-corrected chi connectivity index (χ3v) is 3.26. The molecule has 2 atom stereocenters. The Hall–Kier alpha value is -1.38. The Kier molecular flexibility index (Phi) is 4.34. The van der Waals surface area contributed by atoms with E-state index < -0.39 is 6.10 Å². The fourth-order valence-corrected chi connectivity index (χ4v) is 2.40. The smallest absolute Gasteiger partial charge is 0.0799 e. The predicted octanol–water partition coefficient (Wildman–Crippen LogP) is 3.55. The lowest BCUT2D eigenvalue weighted by Crippen LogP contribution is -2.09. The van der Waals surface area contributed by atoms with E-state index in [1.807, 2.05) is 24.3 Å². The van der Waals surface area contributed by atoms with Crippen molar-refractivity contribution in [1.82, 2.24) is 0 Å². The molecule has 96 valence electrons. The van der Waals surface area contributed by atoms with Gasteiger partial charge in [0.2, 0.25) is 0 Å². The Labute approximate surface area is 108 Å². The van der Waals surface area contributed by atoms with Crippen LogP contribution < -0.4 is 0 Å². The summed E-state index contributed by atoms with van der Waals surface area (Å²) >= 11 is 0. The molecule has 0 amide bonds. The maximum Gasteiger partial charge on any atom is 0.0799 e. The molecule has 0 aliphatic rings. The molecule has 0 saturated heterocycles. The summed E-state index contributed by atoms with van der Waals surface area (Å²) in [6, 6.07) is 14.3. The minimum Gasteiger partial charge on any atom is -0.388 e. The average Bonchev–Trinajstić information content (AvgIpc) is 2.38. The van der Waals surface area contributed by atoms with Gasteiger partial charge in [0.1, 0.15) is 0 Å². The van der Waals surface area contributed by atoms with Crippen molar-refractivity contribution in [1.29, 1.82) is 0 Å².